The summed E-state index contributed by atoms with van der Waals surface area (Å²) in [5.41, 5.74) is 2.00. The maximum Gasteiger partial charge on any atom is 0.138 e. The van der Waals surface area contributed by atoms with Crippen molar-refractivity contribution in [2.45, 2.75) is 11.9 Å². The van der Waals surface area contributed by atoms with Crippen molar-refractivity contribution < 1.29 is 9.84 Å². The van der Waals surface area contributed by atoms with Gasteiger partial charge in [0.1, 0.15) is 18.1 Å². The largest absolute Gasteiger partial charge is 0.508 e. The van der Waals surface area contributed by atoms with Crippen LogP contribution in [-0.2, 0) is 11.9 Å². The number of phenols is 1. The molecule has 0 aliphatic heterocycles. The Morgan fingerprint density at radius 3 is 2.61 bits per heavy atom. The fourth-order valence-electron chi connectivity index (χ4n) is 1.55. The third kappa shape index (κ3) is 3.40. The minimum absolute atomic E-state index is 0.233. The second kappa shape index (κ2) is 6.12. The molecule has 2 nitrogen and oxygen atoms in total. The lowest BCUT2D eigenvalue weighted by molar-refractivity contribution is 0.305. The molecule has 0 aliphatic rings. The van der Waals surface area contributed by atoms with Crippen molar-refractivity contribution in [2.75, 3.05) is 0 Å². The zero-order valence-electron chi connectivity index (χ0n) is 9.57. The summed E-state index contributed by atoms with van der Waals surface area (Å²) in [7, 11) is 0. The summed E-state index contributed by atoms with van der Waals surface area (Å²) in [4.78, 5) is 0. The number of aromatic hydroxyl groups is 1. The standard InChI is InChI=1S/C14H12BrClO2/c15-8-10-4-5-14(13(16)7-10)18-9-11-2-1-3-12(17)6-11/h1-7,17H,8-9H2. The van der Waals surface area contributed by atoms with Crippen molar-refractivity contribution in [3.63, 3.8) is 0 Å². The molecule has 0 bridgehead atoms. The topological polar surface area (TPSA) is 29.5 Å². The van der Waals surface area contributed by atoms with E-state index in [9.17, 15) is 5.11 Å². The molecule has 0 radical (unpaired) electrons. The van der Waals surface area contributed by atoms with Crippen molar-refractivity contribution in [1.29, 1.82) is 0 Å². The van der Waals surface area contributed by atoms with Crippen LogP contribution in [0.3, 0.4) is 0 Å². The van der Waals surface area contributed by atoms with Crippen LogP contribution in [0.15, 0.2) is 42.5 Å². The van der Waals surface area contributed by atoms with Crippen LogP contribution in [0.4, 0.5) is 0 Å². The van der Waals surface area contributed by atoms with Gasteiger partial charge >= 0.3 is 0 Å². The molecule has 1 N–H and O–H groups in total. The second-order valence-electron chi connectivity index (χ2n) is 3.86. The monoisotopic (exact) mass is 326 g/mol. The molecule has 0 unspecified atom stereocenters. The van der Waals surface area contributed by atoms with Crippen LogP contribution in [0, 0.1) is 0 Å². The molecule has 18 heavy (non-hydrogen) atoms. The van der Waals surface area contributed by atoms with E-state index in [0.717, 1.165) is 16.5 Å². The number of alkyl halides is 1. The summed E-state index contributed by atoms with van der Waals surface area (Å²) >= 11 is 9.48. The van der Waals surface area contributed by atoms with Crippen LogP contribution in [0.25, 0.3) is 0 Å². The summed E-state index contributed by atoms with van der Waals surface area (Å²) < 4.78 is 5.62. The average molecular weight is 328 g/mol. The Labute approximate surface area is 119 Å². The number of phenolic OH excluding ortho intramolecular Hbond substituents is 1. The molecule has 0 saturated heterocycles. The molecule has 0 spiro atoms. The molecule has 0 aliphatic carbocycles. The quantitative estimate of drug-likeness (QED) is 0.837. The van der Waals surface area contributed by atoms with Gasteiger partial charge in [-0.1, -0.05) is 45.7 Å². The molecule has 2 rings (SSSR count). The fourth-order valence-corrected chi connectivity index (χ4v) is 2.16. The maximum atomic E-state index is 9.35. The lowest BCUT2D eigenvalue weighted by Crippen LogP contribution is -1.96. The zero-order chi connectivity index (χ0) is 13.0. The van der Waals surface area contributed by atoms with Gasteiger partial charge in [-0.25, -0.2) is 0 Å². The van der Waals surface area contributed by atoms with Gasteiger partial charge in [0.25, 0.3) is 0 Å². The lowest BCUT2D eigenvalue weighted by Gasteiger charge is -2.09. The van der Waals surface area contributed by atoms with Crippen molar-refractivity contribution in [1.82, 2.24) is 0 Å². The highest BCUT2D eigenvalue weighted by atomic mass is 79.9. The van der Waals surface area contributed by atoms with Gasteiger partial charge in [-0.05, 0) is 35.4 Å². The van der Waals surface area contributed by atoms with E-state index >= 15 is 0 Å². The van der Waals surface area contributed by atoms with Gasteiger partial charge in [0.05, 0.1) is 5.02 Å². The molecule has 2 aromatic rings. The highest BCUT2D eigenvalue weighted by molar-refractivity contribution is 9.08. The number of hydrogen-bond donors (Lipinski definition) is 1. The molecule has 2 aromatic carbocycles. The van der Waals surface area contributed by atoms with Crippen LogP contribution < -0.4 is 4.74 Å². The van der Waals surface area contributed by atoms with Crippen LogP contribution in [0.2, 0.25) is 5.02 Å². The van der Waals surface area contributed by atoms with E-state index in [0.29, 0.717) is 17.4 Å². The Balaban J connectivity index is 2.06. The third-order valence-corrected chi connectivity index (χ3v) is 3.40. The summed E-state index contributed by atoms with van der Waals surface area (Å²) in [6.07, 6.45) is 0. The minimum atomic E-state index is 0.233. The predicted molar refractivity (Wildman–Crippen MR) is 76.5 cm³/mol. The first-order chi connectivity index (χ1) is 8.69. The van der Waals surface area contributed by atoms with Gasteiger partial charge < -0.3 is 9.84 Å². The molecule has 0 amide bonds. The molecule has 0 aromatic heterocycles. The van der Waals surface area contributed by atoms with Crippen LogP contribution >= 0.6 is 27.5 Å². The highest BCUT2D eigenvalue weighted by Crippen LogP contribution is 2.27. The van der Waals surface area contributed by atoms with E-state index in [1.807, 2.05) is 24.3 Å². The van der Waals surface area contributed by atoms with E-state index in [4.69, 9.17) is 16.3 Å². The maximum absolute atomic E-state index is 9.35. The first-order valence-electron chi connectivity index (χ1n) is 5.44. The Hall–Kier alpha value is -1.19. The van der Waals surface area contributed by atoms with E-state index in [-0.39, 0.29) is 5.75 Å². The van der Waals surface area contributed by atoms with Crippen LogP contribution in [-0.4, -0.2) is 5.11 Å². The third-order valence-electron chi connectivity index (χ3n) is 2.46. The van der Waals surface area contributed by atoms with Crippen LogP contribution in [0.1, 0.15) is 11.1 Å². The molecule has 4 heteroatoms. The van der Waals surface area contributed by atoms with Gasteiger partial charge in [-0.15, -0.1) is 0 Å². The Bertz CT molecular complexity index is 543. The molecule has 0 atom stereocenters. The van der Waals surface area contributed by atoms with Crippen molar-refractivity contribution in [2.24, 2.45) is 0 Å². The average Bonchev–Trinajstić information content (AvgIpc) is 2.37. The molecular weight excluding hydrogens is 316 g/mol. The van der Waals surface area contributed by atoms with E-state index in [2.05, 4.69) is 15.9 Å². The van der Waals surface area contributed by atoms with E-state index < -0.39 is 0 Å². The number of ether oxygens (including phenoxy) is 1. The van der Waals surface area contributed by atoms with Gasteiger partial charge in [0.15, 0.2) is 0 Å². The summed E-state index contributed by atoms with van der Waals surface area (Å²) in [5.74, 6) is 0.876. The predicted octanol–water partition coefficient (Wildman–Crippen LogP) is 4.52. The molecule has 0 saturated carbocycles. The Morgan fingerprint density at radius 1 is 1.11 bits per heavy atom. The molecule has 0 heterocycles. The smallest absolute Gasteiger partial charge is 0.138 e. The summed E-state index contributed by atoms with van der Waals surface area (Å²) in [6, 6.07) is 12.6. The van der Waals surface area contributed by atoms with Gasteiger partial charge in [-0.3, -0.25) is 0 Å². The van der Waals surface area contributed by atoms with Crippen molar-refractivity contribution in [3.8, 4) is 11.5 Å². The fraction of sp³-hybridized carbons (Fsp3) is 0.143. The number of hydrogen-bond acceptors (Lipinski definition) is 2. The van der Waals surface area contributed by atoms with Crippen molar-refractivity contribution >= 4 is 27.5 Å². The van der Waals surface area contributed by atoms with Gasteiger partial charge in [-0.2, -0.15) is 0 Å². The van der Waals surface area contributed by atoms with Gasteiger partial charge in [0, 0.05) is 5.33 Å². The van der Waals surface area contributed by atoms with Crippen LogP contribution in [0.5, 0.6) is 11.5 Å². The van der Waals surface area contributed by atoms with E-state index in [1.54, 1.807) is 18.2 Å². The number of rotatable bonds is 4. The number of halogens is 2. The highest BCUT2D eigenvalue weighted by Gasteiger charge is 2.03. The van der Waals surface area contributed by atoms with Crippen molar-refractivity contribution in [3.05, 3.63) is 58.6 Å². The molecule has 0 fully saturated rings. The first-order valence-corrected chi connectivity index (χ1v) is 6.94. The lowest BCUT2D eigenvalue weighted by atomic mass is 10.2. The Morgan fingerprint density at radius 2 is 1.94 bits per heavy atom. The minimum Gasteiger partial charge on any atom is -0.508 e. The molecular formula is C14H12BrClO2. The first kappa shape index (κ1) is 13.2. The summed E-state index contributed by atoms with van der Waals surface area (Å²) in [5, 5.41) is 10.7. The second-order valence-corrected chi connectivity index (χ2v) is 4.82. The summed E-state index contributed by atoms with van der Waals surface area (Å²) in [6.45, 7) is 0.377. The molecule has 94 valence electrons. The normalized spacial score (nSPS) is 10.3. The number of benzene rings is 2. The van der Waals surface area contributed by atoms with Gasteiger partial charge in [0.2, 0.25) is 0 Å². The van der Waals surface area contributed by atoms with E-state index in [1.165, 1.54) is 0 Å². The Kier molecular flexibility index (Phi) is 4.50. The zero-order valence-corrected chi connectivity index (χ0v) is 11.9. The SMILES string of the molecule is Oc1cccc(COc2ccc(CBr)cc2Cl)c1.